The maximum Gasteiger partial charge on any atom is 0.338 e. The van der Waals surface area contributed by atoms with E-state index in [1.54, 1.807) is 38.1 Å². The van der Waals surface area contributed by atoms with Crippen molar-refractivity contribution in [2.24, 2.45) is 4.99 Å². The number of aromatic hydroxyl groups is 1. The number of allylic oxidation sites excluding steroid dienone is 1. The lowest BCUT2D eigenvalue weighted by Crippen LogP contribution is -2.40. The summed E-state index contributed by atoms with van der Waals surface area (Å²) in [6, 6.07) is 10.2. The van der Waals surface area contributed by atoms with Gasteiger partial charge in [-0.3, -0.25) is 19.5 Å². The van der Waals surface area contributed by atoms with Crippen molar-refractivity contribution in [1.29, 1.82) is 0 Å². The average molecular weight is 496 g/mol. The summed E-state index contributed by atoms with van der Waals surface area (Å²) < 4.78 is 12.3. The van der Waals surface area contributed by atoms with Gasteiger partial charge in [-0.1, -0.05) is 41.7 Å². The molecule has 3 aromatic rings. The van der Waals surface area contributed by atoms with E-state index in [0.717, 1.165) is 11.3 Å². The predicted molar refractivity (Wildman–Crippen MR) is 128 cm³/mol. The van der Waals surface area contributed by atoms with Gasteiger partial charge in [-0.15, -0.1) is 0 Å². The van der Waals surface area contributed by atoms with Crippen LogP contribution in [0.4, 0.5) is 5.69 Å². The Morgan fingerprint density at radius 1 is 1.29 bits per heavy atom. The molecule has 11 heteroatoms. The van der Waals surface area contributed by atoms with Gasteiger partial charge in [-0.05, 0) is 26.0 Å². The van der Waals surface area contributed by atoms with E-state index in [4.69, 9.17) is 9.47 Å². The number of esters is 1. The number of fused-ring (bicyclic) bond motifs is 1. The van der Waals surface area contributed by atoms with Gasteiger partial charge >= 0.3 is 11.7 Å². The Morgan fingerprint density at radius 3 is 2.71 bits per heavy atom. The van der Waals surface area contributed by atoms with Crippen LogP contribution in [0.1, 0.15) is 31.0 Å². The van der Waals surface area contributed by atoms with Crippen molar-refractivity contribution in [1.82, 2.24) is 4.57 Å². The molecule has 0 fully saturated rings. The molecule has 1 aliphatic rings. The predicted octanol–water partition coefficient (Wildman–Crippen LogP) is 2.42. The number of hydrogen-bond acceptors (Lipinski definition) is 9. The fraction of sp³-hybridized carbons (Fsp3) is 0.208. The summed E-state index contributed by atoms with van der Waals surface area (Å²) in [5.74, 6) is -0.678. The monoisotopic (exact) mass is 495 g/mol. The van der Waals surface area contributed by atoms with E-state index in [2.05, 4.69) is 4.99 Å². The van der Waals surface area contributed by atoms with Crippen LogP contribution in [0.5, 0.6) is 11.5 Å². The van der Waals surface area contributed by atoms with Crippen molar-refractivity contribution < 1.29 is 24.3 Å². The summed E-state index contributed by atoms with van der Waals surface area (Å²) in [7, 11) is 1.49. The highest BCUT2D eigenvalue weighted by atomic mass is 32.1. The Labute approximate surface area is 202 Å². The number of carbonyl (C=O) groups excluding carboxylic acids is 1. The van der Waals surface area contributed by atoms with Crippen LogP contribution in [-0.4, -0.2) is 34.3 Å². The molecule has 4 rings (SSSR count). The average Bonchev–Trinajstić information content (AvgIpc) is 3.13. The minimum Gasteiger partial charge on any atom is -0.502 e. The van der Waals surface area contributed by atoms with Crippen molar-refractivity contribution in [2.45, 2.75) is 19.9 Å². The first-order valence-electron chi connectivity index (χ1n) is 10.6. The zero-order valence-electron chi connectivity index (χ0n) is 19.0. The normalized spacial score (nSPS) is 15.4. The number of benzene rings is 2. The second-order valence-corrected chi connectivity index (χ2v) is 8.53. The van der Waals surface area contributed by atoms with Gasteiger partial charge in [0.25, 0.3) is 5.56 Å². The highest BCUT2D eigenvalue weighted by Crippen LogP contribution is 2.35. The molecule has 0 radical (unpaired) electrons. The Bertz CT molecular complexity index is 1550. The molecular weight excluding hydrogens is 474 g/mol. The van der Waals surface area contributed by atoms with Crippen LogP contribution in [0.2, 0.25) is 0 Å². The van der Waals surface area contributed by atoms with Gasteiger partial charge in [0.05, 0.1) is 34.4 Å². The Morgan fingerprint density at radius 2 is 2.03 bits per heavy atom. The smallest absolute Gasteiger partial charge is 0.338 e. The number of phenolic OH excluding ortho intramolecular Hbond substituents is 1. The minimum atomic E-state index is -0.873. The molecule has 1 atom stereocenters. The molecule has 0 unspecified atom stereocenters. The lowest BCUT2D eigenvalue weighted by molar-refractivity contribution is -0.385. The van der Waals surface area contributed by atoms with E-state index in [0.29, 0.717) is 21.8 Å². The number of carbonyl (C=O) groups is 1. The first kappa shape index (κ1) is 23.9. The van der Waals surface area contributed by atoms with E-state index in [-0.39, 0.29) is 22.3 Å². The number of methoxy groups -OCH3 is 1. The number of phenols is 1. The third kappa shape index (κ3) is 4.21. The molecule has 0 amide bonds. The SMILES string of the molecule is CCOC(=O)C1=C(C)N=c2s/c(=C/c3cccc([N+](=O)[O-])c3O)c(=O)n2[C@H]1c1ccccc1OC. The number of nitro groups is 1. The van der Waals surface area contributed by atoms with Crippen LogP contribution in [0.15, 0.2) is 63.5 Å². The number of nitro benzene ring substituents is 1. The van der Waals surface area contributed by atoms with Crippen molar-refractivity contribution in [3.8, 4) is 11.5 Å². The number of nitrogens with zero attached hydrogens (tertiary/aromatic N) is 3. The van der Waals surface area contributed by atoms with Gasteiger partial charge in [0.1, 0.15) is 11.8 Å². The van der Waals surface area contributed by atoms with Gasteiger partial charge in [-0.25, -0.2) is 9.79 Å². The van der Waals surface area contributed by atoms with Crippen LogP contribution < -0.4 is 19.6 Å². The Hall–Kier alpha value is -4.25. The summed E-state index contributed by atoms with van der Waals surface area (Å²) in [6.07, 6.45) is 1.37. The maximum absolute atomic E-state index is 13.6. The van der Waals surface area contributed by atoms with Gasteiger partial charge in [-0.2, -0.15) is 0 Å². The third-order valence-electron chi connectivity index (χ3n) is 5.48. The quantitative estimate of drug-likeness (QED) is 0.315. The lowest BCUT2D eigenvalue weighted by atomic mass is 9.95. The van der Waals surface area contributed by atoms with Gasteiger partial charge < -0.3 is 14.6 Å². The first-order valence-corrected chi connectivity index (χ1v) is 11.4. The number of ether oxygens (including phenoxy) is 2. The van der Waals surface area contributed by atoms with E-state index >= 15 is 0 Å². The fourth-order valence-electron chi connectivity index (χ4n) is 3.93. The van der Waals surface area contributed by atoms with E-state index < -0.39 is 33.9 Å². The molecule has 1 aromatic heterocycles. The highest BCUT2D eigenvalue weighted by molar-refractivity contribution is 7.07. The molecule has 0 saturated heterocycles. The van der Waals surface area contributed by atoms with Crippen molar-refractivity contribution in [2.75, 3.05) is 13.7 Å². The second-order valence-electron chi connectivity index (χ2n) is 7.52. The summed E-state index contributed by atoms with van der Waals surface area (Å²) in [4.78, 5) is 41.9. The summed E-state index contributed by atoms with van der Waals surface area (Å²) in [5.41, 5.74) is 0.320. The molecule has 2 heterocycles. The van der Waals surface area contributed by atoms with Crippen LogP contribution >= 0.6 is 11.3 Å². The van der Waals surface area contributed by atoms with Crippen molar-refractivity contribution >= 4 is 29.1 Å². The molecule has 35 heavy (non-hydrogen) atoms. The standard InChI is InChI=1S/C24H21N3O7S/c1-4-34-23(30)19-13(2)25-24-26(20(19)15-9-5-6-11-17(15)33-3)22(29)18(35-24)12-14-8-7-10-16(21(14)28)27(31)32/h5-12,20,28H,4H2,1-3H3/b18-12+/t20-/m0/s1. The molecule has 0 aliphatic carbocycles. The van der Waals surface area contributed by atoms with Gasteiger partial charge in [0.2, 0.25) is 5.75 Å². The number of thiazole rings is 1. The van der Waals surface area contributed by atoms with Crippen molar-refractivity contribution in [3.63, 3.8) is 0 Å². The lowest BCUT2D eigenvalue weighted by Gasteiger charge is -2.25. The molecule has 1 N–H and O–H groups in total. The minimum absolute atomic E-state index is 0.111. The van der Waals surface area contributed by atoms with Crippen LogP contribution in [0.3, 0.4) is 0 Å². The largest absolute Gasteiger partial charge is 0.502 e. The molecular formula is C24H21N3O7S. The molecule has 1 aliphatic heterocycles. The summed E-state index contributed by atoms with van der Waals surface area (Å²) in [6.45, 7) is 3.50. The highest BCUT2D eigenvalue weighted by Gasteiger charge is 2.35. The van der Waals surface area contributed by atoms with E-state index in [1.165, 1.54) is 36.0 Å². The number of rotatable bonds is 6. The first-order chi connectivity index (χ1) is 16.8. The number of para-hydroxylation sites is 2. The zero-order valence-corrected chi connectivity index (χ0v) is 19.9. The number of aromatic nitrogens is 1. The van der Waals surface area contributed by atoms with Crippen LogP contribution in [0.25, 0.3) is 6.08 Å². The van der Waals surface area contributed by atoms with Gasteiger partial charge in [0, 0.05) is 17.2 Å². The molecule has 180 valence electrons. The van der Waals surface area contributed by atoms with Crippen molar-refractivity contribution in [3.05, 3.63) is 94.7 Å². The maximum atomic E-state index is 13.6. The second kappa shape index (κ2) is 9.55. The number of hydrogen-bond donors (Lipinski definition) is 1. The zero-order chi connectivity index (χ0) is 25.3. The topological polar surface area (TPSA) is 133 Å². The van der Waals surface area contributed by atoms with Crippen LogP contribution in [0, 0.1) is 10.1 Å². The summed E-state index contributed by atoms with van der Waals surface area (Å²) >= 11 is 1.04. The van der Waals surface area contributed by atoms with E-state index in [1.807, 2.05) is 0 Å². The van der Waals surface area contributed by atoms with Crippen LogP contribution in [-0.2, 0) is 9.53 Å². The molecule has 0 bridgehead atoms. The van der Waals surface area contributed by atoms with E-state index in [9.17, 15) is 24.8 Å². The molecule has 0 spiro atoms. The molecule has 0 saturated carbocycles. The van der Waals surface area contributed by atoms with Gasteiger partial charge in [0.15, 0.2) is 4.80 Å². The molecule has 10 nitrogen and oxygen atoms in total. The molecule has 2 aromatic carbocycles. The third-order valence-corrected chi connectivity index (χ3v) is 6.46. The Kier molecular flexibility index (Phi) is 6.52. The summed E-state index contributed by atoms with van der Waals surface area (Å²) in [5, 5.41) is 21.5. The fourth-order valence-corrected chi connectivity index (χ4v) is 4.97. The Balaban J connectivity index is 2.00.